The van der Waals surface area contributed by atoms with Crippen molar-refractivity contribution < 1.29 is 9.18 Å². The van der Waals surface area contributed by atoms with Gasteiger partial charge in [-0.1, -0.05) is 30.4 Å². The van der Waals surface area contributed by atoms with Gasteiger partial charge in [-0.3, -0.25) is 14.7 Å². The van der Waals surface area contributed by atoms with Gasteiger partial charge in [0.25, 0.3) is 0 Å². The highest BCUT2D eigenvalue weighted by atomic mass is 19.1. The van der Waals surface area contributed by atoms with E-state index in [1.165, 1.54) is 12.1 Å². The van der Waals surface area contributed by atoms with E-state index in [-0.39, 0.29) is 17.1 Å². The van der Waals surface area contributed by atoms with Crippen molar-refractivity contribution in [3.05, 3.63) is 71.8 Å². The highest BCUT2D eigenvalue weighted by molar-refractivity contribution is 5.77. The molecule has 1 aromatic carbocycles. The number of nitrogens with zero attached hydrogens (tertiary/aromatic N) is 3. The molecule has 0 bridgehead atoms. The Balaban J connectivity index is 1.29. The second kappa shape index (κ2) is 8.87. The lowest BCUT2D eigenvalue weighted by Gasteiger charge is -2.47. The summed E-state index contributed by atoms with van der Waals surface area (Å²) in [5, 5.41) is 0. The second-order valence-corrected chi connectivity index (χ2v) is 8.33. The Morgan fingerprint density at radius 3 is 2.59 bits per heavy atom. The molecule has 4 nitrogen and oxygen atoms in total. The summed E-state index contributed by atoms with van der Waals surface area (Å²) in [6, 6.07) is 12.5. The molecule has 1 amide bonds. The molecule has 2 saturated heterocycles. The average molecular weight is 394 g/mol. The third kappa shape index (κ3) is 5.10. The Bertz CT molecular complexity index is 842. The van der Waals surface area contributed by atoms with Crippen LogP contribution in [0.3, 0.4) is 0 Å². The Hall–Kier alpha value is -2.53. The van der Waals surface area contributed by atoms with E-state index in [1.54, 1.807) is 18.3 Å². The fourth-order valence-electron chi connectivity index (χ4n) is 4.46. The fraction of sp³-hybridized carbons (Fsp3) is 0.417. The van der Waals surface area contributed by atoms with Crippen molar-refractivity contribution in [1.82, 2.24) is 14.8 Å². The Morgan fingerprint density at radius 1 is 1.07 bits per heavy atom. The molecule has 0 unspecified atom stereocenters. The number of amides is 1. The number of carbonyl (C=O) groups is 1. The molecular formula is C24H28FN3O. The zero-order chi connectivity index (χ0) is 20.1. The van der Waals surface area contributed by atoms with Crippen LogP contribution in [-0.4, -0.2) is 46.9 Å². The molecule has 0 radical (unpaired) electrons. The smallest absolute Gasteiger partial charge is 0.222 e. The number of carbonyl (C=O) groups excluding carboxylic acids is 1. The van der Waals surface area contributed by atoms with Gasteiger partial charge in [0, 0.05) is 25.7 Å². The van der Waals surface area contributed by atoms with E-state index in [2.05, 4.69) is 22.0 Å². The molecule has 2 fully saturated rings. The molecule has 0 N–H and O–H groups in total. The van der Waals surface area contributed by atoms with Crippen molar-refractivity contribution in [1.29, 1.82) is 0 Å². The van der Waals surface area contributed by atoms with E-state index in [1.807, 2.05) is 23.1 Å². The maximum atomic E-state index is 13.0. The van der Waals surface area contributed by atoms with Crippen molar-refractivity contribution in [2.45, 2.75) is 32.2 Å². The number of halogens is 1. The Kier molecular flexibility index (Phi) is 6.05. The minimum Gasteiger partial charge on any atom is -0.336 e. The quantitative estimate of drug-likeness (QED) is 0.766. The molecule has 0 saturated carbocycles. The largest absolute Gasteiger partial charge is 0.336 e. The monoisotopic (exact) mass is 393 g/mol. The molecular weight excluding hydrogens is 365 g/mol. The number of hydrogen-bond acceptors (Lipinski definition) is 3. The van der Waals surface area contributed by atoms with Crippen molar-refractivity contribution >= 4 is 12.0 Å². The minimum absolute atomic E-state index is 0.202. The first-order valence-electron chi connectivity index (χ1n) is 10.4. The van der Waals surface area contributed by atoms with Gasteiger partial charge >= 0.3 is 0 Å². The molecule has 1 aromatic heterocycles. The molecule has 0 atom stereocenters. The molecule has 4 rings (SSSR count). The number of piperidine rings is 2. The van der Waals surface area contributed by atoms with E-state index >= 15 is 0 Å². The van der Waals surface area contributed by atoms with Crippen LogP contribution >= 0.6 is 0 Å². The molecule has 3 heterocycles. The molecule has 2 aliphatic heterocycles. The molecule has 0 aliphatic carbocycles. The first-order valence-corrected chi connectivity index (χ1v) is 10.4. The first kappa shape index (κ1) is 19.8. The van der Waals surface area contributed by atoms with Crippen LogP contribution in [0, 0.1) is 11.2 Å². The van der Waals surface area contributed by atoms with E-state index in [9.17, 15) is 9.18 Å². The Labute approximate surface area is 172 Å². The summed E-state index contributed by atoms with van der Waals surface area (Å²) in [5.74, 6) is 0.0532. The van der Waals surface area contributed by atoms with Crippen molar-refractivity contribution in [3.63, 3.8) is 0 Å². The zero-order valence-electron chi connectivity index (χ0n) is 16.8. The molecule has 152 valence electrons. The summed E-state index contributed by atoms with van der Waals surface area (Å²) in [6.07, 6.45) is 9.91. The fourth-order valence-corrected chi connectivity index (χ4v) is 4.46. The maximum absolute atomic E-state index is 13.0. The van der Waals surface area contributed by atoms with Gasteiger partial charge in [-0.05, 0) is 67.6 Å². The van der Waals surface area contributed by atoms with Crippen LogP contribution in [0.4, 0.5) is 4.39 Å². The van der Waals surface area contributed by atoms with Crippen LogP contribution in [0.5, 0.6) is 0 Å². The summed E-state index contributed by atoms with van der Waals surface area (Å²) in [6.45, 7) is 4.48. The maximum Gasteiger partial charge on any atom is 0.222 e. The van der Waals surface area contributed by atoms with Gasteiger partial charge in [0.2, 0.25) is 5.91 Å². The summed E-state index contributed by atoms with van der Waals surface area (Å²) in [4.78, 5) is 21.3. The number of benzene rings is 1. The minimum atomic E-state index is -0.202. The number of pyridine rings is 1. The first-order chi connectivity index (χ1) is 14.1. The van der Waals surface area contributed by atoms with E-state index in [0.29, 0.717) is 13.0 Å². The number of likely N-dealkylation sites (tertiary alicyclic amines) is 2. The lowest BCUT2D eigenvalue weighted by atomic mass is 9.72. The zero-order valence-corrected chi connectivity index (χ0v) is 16.8. The molecule has 1 spiro atoms. The predicted octanol–water partition coefficient (Wildman–Crippen LogP) is 4.14. The predicted molar refractivity (Wildman–Crippen MR) is 112 cm³/mol. The molecule has 2 aliphatic rings. The van der Waals surface area contributed by atoms with Crippen LogP contribution in [0.1, 0.15) is 36.9 Å². The number of aromatic nitrogens is 1. The van der Waals surface area contributed by atoms with Crippen LogP contribution in [0.15, 0.2) is 54.7 Å². The van der Waals surface area contributed by atoms with Gasteiger partial charge in [-0.25, -0.2) is 4.39 Å². The highest BCUT2D eigenvalue weighted by Crippen LogP contribution is 2.40. The topological polar surface area (TPSA) is 36.4 Å². The van der Waals surface area contributed by atoms with E-state index < -0.39 is 0 Å². The van der Waals surface area contributed by atoms with Gasteiger partial charge < -0.3 is 4.90 Å². The molecule has 29 heavy (non-hydrogen) atoms. The van der Waals surface area contributed by atoms with E-state index in [4.69, 9.17) is 0 Å². The summed E-state index contributed by atoms with van der Waals surface area (Å²) in [7, 11) is 0. The van der Waals surface area contributed by atoms with Crippen molar-refractivity contribution in [2.24, 2.45) is 5.41 Å². The lowest BCUT2D eigenvalue weighted by Crippen LogP contribution is -2.51. The summed E-state index contributed by atoms with van der Waals surface area (Å²) in [5.41, 5.74) is 2.23. The van der Waals surface area contributed by atoms with E-state index in [0.717, 1.165) is 56.7 Å². The normalized spacial score (nSPS) is 19.9. The van der Waals surface area contributed by atoms with Gasteiger partial charge in [0.1, 0.15) is 5.82 Å². The SMILES string of the molecule is O=C1CCC2(CCN(CC=Cc3ccc(F)cc3)CC2)CN1Cc1ccccn1. The van der Waals surface area contributed by atoms with Crippen LogP contribution in [0.25, 0.3) is 6.08 Å². The number of rotatable bonds is 5. The van der Waals surface area contributed by atoms with Gasteiger partial charge in [0.05, 0.1) is 12.2 Å². The molecule has 2 aromatic rings. The lowest BCUT2D eigenvalue weighted by molar-refractivity contribution is -0.139. The van der Waals surface area contributed by atoms with Crippen LogP contribution in [-0.2, 0) is 11.3 Å². The van der Waals surface area contributed by atoms with Gasteiger partial charge in [-0.15, -0.1) is 0 Å². The average Bonchev–Trinajstić information content (AvgIpc) is 2.75. The third-order valence-corrected chi connectivity index (χ3v) is 6.29. The summed E-state index contributed by atoms with van der Waals surface area (Å²) < 4.78 is 13.0. The standard InChI is InChI=1S/C24H28FN3O/c25-21-8-6-20(7-9-21)4-3-15-27-16-12-24(13-17-27)11-10-23(29)28(19-24)18-22-5-1-2-14-26-22/h1-9,14H,10-13,15-19H2. The highest BCUT2D eigenvalue weighted by Gasteiger charge is 2.40. The third-order valence-electron chi connectivity index (χ3n) is 6.29. The number of hydrogen-bond donors (Lipinski definition) is 0. The molecule has 5 heteroatoms. The van der Waals surface area contributed by atoms with Gasteiger partial charge in [-0.2, -0.15) is 0 Å². The van der Waals surface area contributed by atoms with Crippen LogP contribution in [0.2, 0.25) is 0 Å². The van der Waals surface area contributed by atoms with Crippen molar-refractivity contribution in [3.8, 4) is 0 Å². The second-order valence-electron chi connectivity index (χ2n) is 8.33. The summed E-state index contributed by atoms with van der Waals surface area (Å²) >= 11 is 0. The van der Waals surface area contributed by atoms with Gasteiger partial charge in [0.15, 0.2) is 0 Å². The Morgan fingerprint density at radius 2 is 1.86 bits per heavy atom. The van der Waals surface area contributed by atoms with Crippen molar-refractivity contribution in [2.75, 3.05) is 26.2 Å². The van der Waals surface area contributed by atoms with Crippen LogP contribution < -0.4 is 0 Å².